The van der Waals surface area contributed by atoms with Crippen LogP contribution in [-0.2, 0) is 11.3 Å². The second-order valence-corrected chi connectivity index (χ2v) is 4.53. The molecular weight excluding hydrogens is 252 g/mol. The highest BCUT2D eigenvalue weighted by Gasteiger charge is 2.04. The Morgan fingerprint density at radius 2 is 1.94 bits per heavy atom. The Labute approximate surface area is 114 Å². The first-order valence-corrected chi connectivity index (χ1v) is 6.79. The van der Waals surface area contributed by atoms with Crippen LogP contribution in [0, 0.1) is 0 Å². The van der Waals surface area contributed by atoms with E-state index < -0.39 is 0 Å². The first kappa shape index (κ1) is 15.2. The van der Waals surface area contributed by atoms with Crippen molar-refractivity contribution in [1.82, 2.24) is 9.97 Å². The summed E-state index contributed by atoms with van der Waals surface area (Å²) < 4.78 is 10.5. The number of halogens is 1. The maximum atomic E-state index is 5.88. The zero-order valence-electron chi connectivity index (χ0n) is 11.1. The molecule has 0 aromatic carbocycles. The molecule has 4 nitrogen and oxygen atoms in total. The molecule has 0 unspecified atom stereocenters. The third kappa shape index (κ3) is 6.17. The van der Waals surface area contributed by atoms with Gasteiger partial charge in [0, 0.05) is 13.2 Å². The predicted octanol–water partition coefficient (Wildman–Crippen LogP) is 3.63. The highest BCUT2D eigenvalue weighted by molar-refractivity contribution is 6.29. The van der Waals surface area contributed by atoms with Crippen molar-refractivity contribution in [1.29, 1.82) is 0 Å². The van der Waals surface area contributed by atoms with Crippen molar-refractivity contribution in [2.45, 2.75) is 45.6 Å². The number of ether oxygens (including phenoxy) is 2. The Morgan fingerprint density at radius 3 is 2.67 bits per heavy atom. The Kier molecular flexibility index (Phi) is 7.69. The second kappa shape index (κ2) is 9.11. The minimum atomic E-state index is 0.341. The number of unbranched alkanes of at least 4 members (excludes halogenated alkanes) is 4. The molecule has 0 bridgehead atoms. The average molecular weight is 273 g/mol. The third-order valence-electron chi connectivity index (χ3n) is 2.49. The van der Waals surface area contributed by atoms with Gasteiger partial charge in [0.05, 0.1) is 6.61 Å². The average Bonchev–Trinajstić information content (AvgIpc) is 2.33. The van der Waals surface area contributed by atoms with Gasteiger partial charge in [-0.3, -0.25) is 0 Å². The summed E-state index contributed by atoms with van der Waals surface area (Å²) in [4.78, 5) is 8.26. The highest BCUT2D eigenvalue weighted by Crippen LogP contribution is 2.14. The number of nitrogens with zero attached hydrogens (tertiary/aromatic N) is 2. The van der Waals surface area contributed by atoms with Crippen LogP contribution in [0.1, 0.15) is 44.9 Å². The van der Waals surface area contributed by atoms with Gasteiger partial charge in [0.15, 0.2) is 5.82 Å². The molecule has 0 fully saturated rings. The number of aromatic nitrogens is 2. The van der Waals surface area contributed by atoms with Gasteiger partial charge in [-0.05, 0) is 6.42 Å². The van der Waals surface area contributed by atoms with Gasteiger partial charge in [-0.2, -0.15) is 4.98 Å². The molecule has 0 aliphatic heterocycles. The molecule has 0 spiro atoms. The monoisotopic (exact) mass is 272 g/mol. The molecule has 1 rings (SSSR count). The molecule has 18 heavy (non-hydrogen) atoms. The standard InChI is InChI=1S/C13H21ClN2O2/c1-3-4-5-6-7-8-18-13-9-11(14)15-12(16-13)10-17-2/h9H,3-8,10H2,1-2H3. The summed E-state index contributed by atoms with van der Waals surface area (Å²) in [6, 6.07) is 1.63. The minimum Gasteiger partial charge on any atom is -0.478 e. The lowest BCUT2D eigenvalue weighted by molar-refractivity contribution is 0.176. The smallest absolute Gasteiger partial charge is 0.218 e. The summed E-state index contributed by atoms with van der Waals surface area (Å²) in [6.07, 6.45) is 6.04. The third-order valence-corrected chi connectivity index (χ3v) is 2.68. The first-order chi connectivity index (χ1) is 8.76. The van der Waals surface area contributed by atoms with E-state index in [0.29, 0.717) is 30.1 Å². The summed E-state index contributed by atoms with van der Waals surface area (Å²) >= 11 is 5.88. The van der Waals surface area contributed by atoms with Crippen LogP contribution >= 0.6 is 11.6 Å². The number of rotatable bonds is 9. The number of hydrogen-bond donors (Lipinski definition) is 0. The van der Waals surface area contributed by atoms with E-state index in [9.17, 15) is 0 Å². The van der Waals surface area contributed by atoms with Crippen molar-refractivity contribution in [2.75, 3.05) is 13.7 Å². The Bertz CT molecular complexity index is 348. The lowest BCUT2D eigenvalue weighted by atomic mass is 10.2. The summed E-state index contributed by atoms with van der Waals surface area (Å²) in [6.45, 7) is 3.22. The zero-order valence-corrected chi connectivity index (χ0v) is 11.9. The summed E-state index contributed by atoms with van der Waals surface area (Å²) in [5.74, 6) is 1.07. The van der Waals surface area contributed by atoms with Crippen LogP contribution in [0.25, 0.3) is 0 Å². The number of hydrogen-bond acceptors (Lipinski definition) is 4. The van der Waals surface area contributed by atoms with E-state index in [0.717, 1.165) is 6.42 Å². The van der Waals surface area contributed by atoms with Crippen LogP contribution in [0.2, 0.25) is 5.15 Å². The summed E-state index contributed by atoms with van der Waals surface area (Å²) in [5, 5.41) is 0.387. The van der Waals surface area contributed by atoms with E-state index in [1.54, 1.807) is 13.2 Å². The molecule has 102 valence electrons. The Hall–Kier alpha value is -0.870. The molecule has 0 aliphatic rings. The molecule has 0 atom stereocenters. The van der Waals surface area contributed by atoms with E-state index in [-0.39, 0.29) is 0 Å². The molecule has 0 saturated carbocycles. The van der Waals surface area contributed by atoms with Crippen molar-refractivity contribution in [3.8, 4) is 5.88 Å². The van der Waals surface area contributed by atoms with Crippen molar-refractivity contribution in [3.05, 3.63) is 17.0 Å². The van der Waals surface area contributed by atoms with Gasteiger partial charge < -0.3 is 9.47 Å². The van der Waals surface area contributed by atoms with E-state index in [4.69, 9.17) is 21.1 Å². The minimum absolute atomic E-state index is 0.341. The van der Waals surface area contributed by atoms with Crippen LogP contribution in [0.3, 0.4) is 0 Å². The summed E-state index contributed by atoms with van der Waals surface area (Å²) in [7, 11) is 1.60. The van der Waals surface area contributed by atoms with Gasteiger partial charge >= 0.3 is 0 Å². The fourth-order valence-electron chi connectivity index (χ4n) is 1.59. The van der Waals surface area contributed by atoms with Gasteiger partial charge in [-0.1, -0.05) is 44.2 Å². The molecule has 0 radical (unpaired) electrons. The van der Waals surface area contributed by atoms with Gasteiger partial charge in [-0.25, -0.2) is 4.98 Å². The Balaban J connectivity index is 2.32. The van der Waals surface area contributed by atoms with Crippen LogP contribution in [0.15, 0.2) is 6.07 Å². The van der Waals surface area contributed by atoms with E-state index in [1.165, 1.54) is 25.7 Å². The molecule has 0 saturated heterocycles. The van der Waals surface area contributed by atoms with Crippen LogP contribution in [0.5, 0.6) is 5.88 Å². The van der Waals surface area contributed by atoms with Gasteiger partial charge in [-0.15, -0.1) is 0 Å². The van der Waals surface area contributed by atoms with E-state index in [1.807, 2.05) is 0 Å². The van der Waals surface area contributed by atoms with Crippen LogP contribution < -0.4 is 4.74 Å². The number of methoxy groups -OCH3 is 1. The van der Waals surface area contributed by atoms with Crippen molar-refractivity contribution in [2.24, 2.45) is 0 Å². The Morgan fingerprint density at radius 1 is 1.17 bits per heavy atom. The molecule has 0 amide bonds. The predicted molar refractivity (Wildman–Crippen MR) is 72.0 cm³/mol. The first-order valence-electron chi connectivity index (χ1n) is 6.41. The maximum Gasteiger partial charge on any atom is 0.218 e. The van der Waals surface area contributed by atoms with Crippen molar-refractivity contribution in [3.63, 3.8) is 0 Å². The molecular formula is C13H21ClN2O2. The molecule has 0 N–H and O–H groups in total. The highest BCUT2D eigenvalue weighted by atomic mass is 35.5. The van der Waals surface area contributed by atoms with Crippen LogP contribution in [-0.4, -0.2) is 23.7 Å². The van der Waals surface area contributed by atoms with Crippen molar-refractivity contribution < 1.29 is 9.47 Å². The molecule has 5 heteroatoms. The lowest BCUT2D eigenvalue weighted by Gasteiger charge is -2.07. The topological polar surface area (TPSA) is 44.2 Å². The lowest BCUT2D eigenvalue weighted by Crippen LogP contribution is -2.03. The van der Waals surface area contributed by atoms with Gasteiger partial charge in [0.1, 0.15) is 11.8 Å². The fraction of sp³-hybridized carbons (Fsp3) is 0.692. The van der Waals surface area contributed by atoms with E-state index >= 15 is 0 Å². The second-order valence-electron chi connectivity index (χ2n) is 4.14. The summed E-state index contributed by atoms with van der Waals surface area (Å²) in [5.41, 5.74) is 0. The zero-order chi connectivity index (χ0) is 13.2. The normalized spacial score (nSPS) is 10.6. The quantitative estimate of drug-likeness (QED) is 0.509. The molecule has 1 heterocycles. The maximum absolute atomic E-state index is 5.88. The van der Waals surface area contributed by atoms with Gasteiger partial charge in [0.2, 0.25) is 5.88 Å². The van der Waals surface area contributed by atoms with Gasteiger partial charge in [0.25, 0.3) is 0 Å². The molecule has 0 aliphatic carbocycles. The largest absolute Gasteiger partial charge is 0.478 e. The van der Waals surface area contributed by atoms with Crippen molar-refractivity contribution >= 4 is 11.6 Å². The van der Waals surface area contributed by atoms with Crippen LogP contribution in [0.4, 0.5) is 0 Å². The fourth-order valence-corrected chi connectivity index (χ4v) is 1.78. The molecule has 1 aromatic rings. The molecule has 1 aromatic heterocycles. The SMILES string of the molecule is CCCCCCCOc1cc(Cl)nc(COC)n1. The van der Waals surface area contributed by atoms with E-state index in [2.05, 4.69) is 16.9 Å².